The molecule has 6 heteroatoms. The molecule has 0 aliphatic carbocycles. The van der Waals surface area contributed by atoms with Gasteiger partial charge in [0.05, 0.1) is 11.3 Å². The summed E-state index contributed by atoms with van der Waals surface area (Å²) < 4.78 is 1.89. The Morgan fingerprint density at radius 3 is 2.84 bits per heavy atom. The first-order chi connectivity index (χ1) is 9.24. The largest absolute Gasteiger partial charge is 0.312 e. The summed E-state index contributed by atoms with van der Waals surface area (Å²) in [4.78, 5) is 9.12. The average molecular weight is 271 g/mol. The zero-order chi connectivity index (χ0) is 13.2. The molecule has 0 aliphatic rings. The van der Waals surface area contributed by atoms with Crippen molar-refractivity contribution in [3.63, 3.8) is 0 Å². The van der Waals surface area contributed by atoms with Crippen molar-refractivity contribution < 1.29 is 0 Å². The number of aryl methyl sites for hydroxylation is 2. The van der Waals surface area contributed by atoms with Crippen LogP contribution in [0.5, 0.6) is 0 Å². The van der Waals surface area contributed by atoms with Gasteiger partial charge in [0.15, 0.2) is 5.16 Å². The second-order valence-electron chi connectivity index (χ2n) is 4.26. The molecule has 0 radical (unpaired) electrons. The Morgan fingerprint density at radius 2 is 2.05 bits per heavy atom. The molecule has 0 saturated heterocycles. The van der Waals surface area contributed by atoms with Crippen LogP contribution in [0.2, 0.25) is 0 Å². The number of fused-ring (bicyclic) bond motifs is 1. The molecule has 2 heterocycles. The highest BCUT2D eigenvalue weighted by Gasteiger charge is 2.07. The summed E-state index contributed by atoms with van der Waals surface area (Å²) in [6.45, 7) is 2.01. The van der Waals surface area contributed by atoms with E-state index in [9.17, 15) is 0 Å². The Morgan fingerprint density at radius 1 is 1.21 bits per heavy atom. The predicted octanol–water partition coefficient (Wildman–Crippen LogP) is 2.36. The monoisotopic (exact) mass is 271 g/mol. The molecule has 0 N–H and O–H groups in total. The zero-order valence-electron chi connectivity index (χ0n) is 10.7. The summed E-state index contributed by atoms with van der Waals surface area (Å²) in [6.07, 6.45) is 1.69. The van der Waals surface area contributed by atoms with E-state index in [4.69, 9.17) is 0 Å². The van der Waals surface area contributed by atoms with Crippen LogP contribution >= 0.6 is 11.8 Å². The van der Waals surface area contributed by atoms with Crippen LogP contribution in [0.3, 0.4) is 0 Å². The fraction of sp³-hybridized carbons (Fsp3) is 0.231. The first-order valence-electron chi connectivity index (χ1n) is 5.93. The molecule has 0 fully saturated rings. The van der Waals surface area contributed by atoms with Crippen LogP contribution in [0.1, 0.15) is 11.5 Å². The number of nitrogens with zero attached hydrogens (tertiary/aromatic N) is 5. The third-order valence-corrected chi connectivity index (χ3v) is 3.87. The number of benzene rings is 1. The standard InChI is InChI=1S/C13H13N5S/c1-9-10-5-3-4-6-11(10)16-12(15-9)7-19-13-17-14-8-18(13)2/h3-6,8H,7H2,1-2H3. The maximum absolute atomic E-state index is 4.58. The van der Waals surface area contributed by atoms with Crippen molar-refractivity contribution in [2.75, 3.05) is 0 Å². The van der Waals surface area contributed by atoms with E-state index in [2.05, 4.69) is 20.2 Å². The molecule has 5 nitrogen and oxygen atoms in total. The molecular formula is C13H13N5S. The zero-order valence-corrected chi connectivity index (χ0v) is 11.6. The van der Waals surface area contributed by atoms with E-state index in [1.165, 1.54) is 0 Å². The molecule has 3 rings (SSSR count). The van der Waals surface area contributed by atoms with E-state index >= 15 is 0 Å². The van der Waals surface area contributed by atoms with E-state index in [0.29, 0.717) is 5.75 Å². The third-order valence-electron chi connectivity index (χ3n) is 2.84. The van der Waals surface area contributed by atoms with Crippen LogP contribution in [-0.4, -0.2) is 24.7 Å². The first kappa shape index (κ1) is 12.1. The first-order valence-corrected chi connectivity index (χ1v) is 6.91. The molecule has 0 spiro atoms. The maximum atomic E-state index is 4.58. The highest BCUT2D eigenvalue weighted by atomic mass is 32.2. The molecule has 0 atom stereocenters. The van der Waals surface area contributed by atoms with E-state index in [0.717, 1.165) is 27.6 Å². The summed E-state index contributed by atoms with van der Waals surface area (Å²) in [5.41, 5.74) is 2.00. The number of aromatic nitrogens is 5. The molecule has 19 heavy (non-hydrogen) atoms. The van der Waals surface area contributed by atoms with Crippen LogP contribution in [0.4, 0.5) is 0 Å². The van der Waals surface area contributed by atoms with Crippen molar-refractivity contribution in [3.8, 4) is 0 Å². The average Bonchev–Trinajstić information content (AvgIpc) is 2.82. The van der Waals surface area contributed by atoms with Gasteiger partial charge in [0.2, 0.25) is 0 Å². The van der Waals surface area contributed by atoms with E-state index in [1.54, 1.807) is 18.1 Å². The number of hydrogen-bond donors (Lipinski definition) is 0. The van der Waals surface area contributed by atoms with Gasteiger partial charge in [-0.2, -0.15) is 0 Å². The second kappa shape index (κ2) is 4.97. The summed E-state index contributed by atoms with van der Waals surface area (Å²) in [6, 6.07) is 8.06. The molecule has 2 aromatic heterocycles. The van der Waals surface area contributed by atoms with E-state index in [1.807, 2.05) is 42.8 Å². The highest BCUT2D eigenvalue weighted by Crippen LogP contribution is 2.20. The van der Waals surface area contributed by atoms with Gasteiger partial charge in [-0.1, -0.05) is 30.0 Å². The summed E-state index contributed by atoms with van der Waals surface area (Å²) in [7, 11) is 1.93. The van der Waals surface area contributed by atoms with Gasteiger partial charge < -0.3 is 4.57 Å². The lowest BCUT2D eigenvalue weighted by atomic mass is 10.2. The van der Waals surface area contributed by atoms with Crippen molar-refractivity contribution in [1.82, 2.24) is 24.7 Å². The normalized spacial score (nSPS) is 11.1. The lowest BCUT2D eigenvalue weighted by Crippen LogP contribution is -1.98. The molecule has 1 aromatic carbocycles. The van der Waals surface area contributed by atoms with Gasteiger partial charge in [0, 0.05) is 18.1 Å². The van der Waals surface area contributed by atoms with Gasteiger partial charge >= 0.3 is 0 Å². The Bertz CT molecular complexity index is 722. The van der Waals surface area contributed by atoms with Gasteiger partial charge in [-0.05, 0) is 13.0 Å². The van der Waals surface area contributed by atoms with Crippen molar-refractivity contribution in [2.24, 2.45) is 7.05 Å². The quantitative estimate of drug-likeness (QED) is 0.684. The van der Waals surface area contributed by atoms with Crippen molar-refractivity contribution in [1.29, 1.82) is 0 Å². The van der Waals surface area contributed by atoms with Crippen LogP contribution in [0.15, 0.2) is 35.7 Å². The maximum Gasteiger partial charge on any atom is 0.191 e. The lowest BCUT2D eigenvalue weighted by Gasteiger charge is -2.05. The number of rotatable bonds is 3. The molecule has 0 aliphatic heterocycles. The molecule has 0 unspecified atom stereocenters. The predicted molar refractivity (Wildman–Crippen MR) is 74.8 cm³/mol. The van der Waals surface area contributed by atoms with Gasteiger partial charge in [0.25, 0.3) is 0 Å². The molecular weight excluding hydrogens is 258 g/mol. The molecule has 3 aromatic rings. The summed E-state index contributed by atoms with van der Waals surface area (Å²) in [5, 5.41) is 9.86. The van der Waals surface area contributed by atoms with Gasteiger partial charge in [-0.3, -0.25) is 0 Å². The third kappa shape index (κ3) is 2.44. The molecule has 96 valence electrons. The minimum Gasteiger partial charge on any atom is -0.312 e. The van der Waals surface area contributed by atoms with Crippen LogP contribution in [0, 0.1) is 6.92 Å². The number of para-hydroxylation sites is 1. The van der Waals surface area contributed by atoms with Crippen molar-refractivity contribution in [3.05, 3.63) is 42.1 Å². The summed E-state index contributed by atoms with van der Waals surface area (Å²) >= 11 is 1.59. The molecule has 0 bridgehead atoms. The minimum absolute atomic E-state index is 0.693. The number of hydrogen-bond acceptors (Lipinski definition) is 5. The van der Waals surface area contributed by atoms with E-state index < -0.39 is 0 Å². The van der Waals surface area contributed by atoms with Crippen LogP contribution < -0.4 is 0 Å². The van der Waals surface area contributed by atoms with Crippen LogP contribution in [0.25, 0.3) is 10.9 Å². The topological polar surface area (TPSA) is 56.5 Å². The second-order valence-corrected chi connectivity index (χ2v) is 5.20. The van der Waals surface area contributed by atoms with Gasteiger partial charge in [-0.25, -0.2) is 9.97 Å². The highest BCUT2D eigenvalue weighted by molar-refractivity contribution is 7.98. The van der Waals surface area contributed by atoms with Crippen LogP contribution in [-0.2, 0) is 12.8 Å². The van der Waals surface area contributed by atoms with Gasteiger partial charge in [-0.15, -0.1) is 10.2 Å². The van der Waals surface area contributed by atoms with Crippen molar-refractivity contribution in [2.45, 2.75) is 17.8 Å². The fourth-order valence-electron chi connectivity index (χ4n) is 1.89. The summed E-state index contributed by atoms with van der Waals surface area (Å²) in [5.74, 6) is 1.52. The van der Waals surface area contributed by atoms with Crippen molar-refractivity contribution >= 4 is 22.7 Å². The Hall–Kier alpha value is -1.95. The molecule has 0 saturated carbocycles. The fourth-order valence-corrected chi connectivity index (χ4v) is 2.63. The van der Waals surface area contributed by atoms with E-state index in [-0.39, 0.29) is 0 Å². The lowest BCUT2D eigenvalue weighted by molar-refractivity contribution is 0.787. The number of thioether (sulfide) groups is 1. The Labute approximate surface area is 115 Å². The minimum atomic E-state index is 0.693. The Balaban J connectivity index is 1.87. The SMILES string of the molecule is Cc1nc(CSc2nncn2C)nc2ccccc12. The molecule has 0 amide bonds. The van der Waals surface area contributed by atoms with Gasteiger partial charge in [0.1, 0.15) is 12.2 Å². The smallest absolute Gasteiger partial charge is 0.191 e. The Kier molecular flexibility index (Phi) is 3.16.